The van der Waals surface area contributed by atoms with Crippen molar-refractivity contribution in [2.75, 3.05) is 0 Å². The standard InChI is InChI=1S/C12H11ClO2S/c13-16(14,15)12-10-8-6-4-2-1-3-5-7-9-11-12/h1-11H. The predicted molar refractivity (Wildman–Crippen MR) is 68.6 cm³/mol. The van der Waals surface area contributed by atoms with Crippen molar-refractivity contribution in [1.29, 1.82) is 0 Å². The number of hydrogen-bond acceptors (Lipinski definition) is 2. The quantitative estimate of drug-likeness (QED) is 0.674. The lowest BCUT2D eigenvalue weighted by Crippen LogP contribution is -1.90. The zero-order valence-corrected chi connectivity index (χ0v) is 10.0. The molecule has 0 saturated carbocycles. The molecule has 16 heavy (non-hydrogen) atoms. The third-order valence-corrected chi connectivity index (χ3v) is 3.06. The molecule has 2 nitrogen and oxygen atoms in total. The van der Waals surface area contributed by atoms with Crippen LogP contribution in [0.25, 0.3) is 0 Å². The van der Waals surface area contributed by atoms with E-state index in [1.165, 1.54) is 12.2 Å². The summed E-state index contributed by atoms with van der Waals surface area (Å²) in [5.41, 5.74) is 0. The van der Waals surface area contributed by atoms with E-state index >= 15 is 0 Å². The summed E-state index contributed by atoms with van der Waals surface area (Å²) in [6.07, 6.45) is 18.7. The van der Waals surface area contributed by atoms with Gasteiger partial charge < -0.3 is 0 Å². The summed E-state index contributed by atoms with van der Waals surface area (Å²) in [5.74, 6) is 0. The Hall–Kier alpha value is -1.32. The summed E-state index contributed by atoms with van der Waals surface area (Å²) in [4.78, 5) is 0.0630. The van der Waals surface area contributed by atoms with Gasteiger partial charge in [-0.05, 0) is 12.2 Å². The Morgan fingerprint density at radius 1 is 0.750 bits per heavy atom. The van der Waals surface area contributed by atoms with Gasteiger partial charge in [0, 0.05) is 10.7 Å². The highest BCUT2D eigenvalue weighted by Crippen LogP contribution is 2.13. The predicted octanol–water partition coefficient (Wildman–Crippen LogP) is 3.23. The zero-order chi connectivity index (χ0) is 11.9. The molecule has 0 bridgehead atoms. The minimum atomic E-state index is -3.70. The molecule has 0 aromatic heterocycles. The Kier molecular flexibility index (Phi) is 5.02. The van der Waals surface area contributed by atoms with Gasteiger partial charge in [-0.2, -0.15) is 0 Å². The first-order valence-electron chi connectivity index (χ1n) is 4.60. The first-order valence-corrected chi connectivity index (χ1v) is 6.91. The normalized spacial score (nSPS) is 16.7. The van der Waals surface area contributed by atoms with Crippen LogP contribution >= 0.6 is 10.7 Å². The monoisotopic (exact) mass is 254 g/mol. The second-order valence-corrected chi connectivity index (χ2v) is 5.47. The topological polar surface area (TPSA) is 34.1 Å². The Morgan fingerprint density at radius 2 is 1.19 bits per heavy atom. The van der Waals surface area contributed by atoms with Gasteiger partial charge in [0.05, 0.1) is 4.91 Å². The van der Waals surface area contributed by atoms with Crippen molar-refractivity contribution < 1.29 is 8.42 Å². The van der Waals surface area contributed by atoms with Crippen LogP contribution in [0.1, 0.15) is 0 Å². The van der Waals surface area contributed by atoms with E-state index in [0.717, 1.165) is 0 Å². The fourth-order valence-electron chi connectivity index (χ4n) is 0.968. The van der Waals surface area contributed by atoms with Gasteiger partial charge in [0.25, 0.3) is 9.05 Å². The molecule has 1 aliphatic rings. The fourth-order valence-corrected chi connectivity index (χ4v) is 1.76. The second kappa shape index (κ2) is 6.30. The maximum atomic E-state index is 11.2. The van der Waals surface area contributed by atoms with Crippen molar-refractivity contribution in [1.82, 2.24) is 0 Å². The summed E-state index contributed by atoms with van der Waals surface area (Å²) in [6.45, 7) is 0. The lowest BCUT2D eigenvalue weighted by molar-refractivity contribution is 0.615. The minimum Gasteiger partial charge on any atom is -0.207 e. The van der Waals surface area contributed by atoms with Gasteiger partial charge in [-0.3, -0.25) is 0 Å². The smallest absolute Gasteiger partial charge is 0.207 e. The summed E-state index contributed by atoms with van der Waals surface area (Å²) in [6, 6.07) is 0. The van der Waals surface area contributed by atoms with Crippen molar-refractivity contribution in [2.24, 2.45) is 0 Å². The van der Waals surface area contributed by atoms with Gasteiger partial charge in [-0.15, -0.1) is 0 Å². The Balaban J connectivity index is 3.07. The fraction of sp³-hybridized carbons (Fsp3) is 0. The molecule has 0 saturated heterocycles. The van der Waals surface area contributed by atoms with Gasteiger partial charge in [0.1, 0.15) is 0 Å². The molecule has 0 heterocycles. The molecule has 1 aliphatic carbocycles. The first kappa shape index (κ1) is 12.7. The van der Waals surface area contributed by atoms with E-state index in [4.69, 9.17) is 10.7 Å². The van der Waals surface area contributed by atoms with Crippen molar-refractivity contribution in [2.45, 2.75) is 0 Å². The van der Waals surface area contributed by atoms with Crippen molar-refractivity contribution >= 4 is 19.7 Å². The molecule has 1 rings (SSSR count). The summed E-state index contributed by atoms with van der Waals surface area (Å²) in [5, 5.41) is 0. The van der Waals surface area contributed by atoms with Crippen molar-refractivity contribution in [3.63, 3.8) is 0 Å². The highest BCUT2D eigenvalue weighted by atomic mass is 35.7. The number of hydrogen-bond donors (Lipinski definition) is 0. The first-order chi connectivity index (χ1) is 7.61. The lowest BCUT2D eigenvalue weighted by Gasteiger charge is -1.93. The summed E-state index contributed by atoms with van der Waals surface area (Å²) >= 11 is 0. The molecule has 0 amide bonds. The third kappa shape index (κ3) is 4.96. The molecule has 0 aromatic carbocycles. The number of rotatable bonds is 1. The van der Waals surface area contributed by atoms with Gasteiger partial charge in [0.15, 0.2) is 0 Å². The molecule has 0 fully saturated rings. The van der Waals surface area contributed by atoms with E-state index in [1.54, 1.807) is 36.5 Å². The summed E-state index contributed by atoms with van der Waals surface area (Å²) in [7, 11) is 1.57. The molecule has 0 spiro atoms. The van der Waals surface area contributed by atoms with E-state index in [2.05, 4.69) is 0 Å². The average Bonchev–Trinajstić information content (AvgIpc) is 2.16. The molecule has 0 atom stereocenters. The van der Waals surface area contributed by atoms with Crippen LogP contribution in [0, 0.1) is 0 Å². The second-order valence-electron chi connectivity index (χ2n) is 2.91. The molecule has 0 aromatic rings. The number of halogens is 1. The lowest BCUT2D eigenvalue weighted by atomic mass is 10.3. The van der Waals surface area contributed by atoms with E-state index in [-0.39, 0.29) is 4.91 Å². The van der Waals surface area contributed by atoms with Gasteiger partial charge in [0.2, 0.25) is 0 Å². The number of allylic oxidation sites excluding steroid dienone is 11. The molecule has 0 radical (unpaired) electrons. The molecule has 0 aliphatic heterocycles. The van der Waals surface area contributed by atoms with Gasteiger partial charge in [-0.25, -0.2) is 8.42 Å². The minimum absolute atomic E-state index is 0.0630. The van der Waals surface area contributed by atoms with Crippen LogP contribution in [-0.4, -0.2) is 8.42 Å². The molecule has 0 N–H and O–H groups in total. The Labute approximate surface area is 100 Å². The van der Waals surface area contributed by atoms with Crippen LogP contribution < -0.4 is 0 Å². The van der Waals surface area contributed by atoms with Gasteiger partial charge in [-0.1, -0.05) is 54.7 Å². The van der Waals surface area contributed by atoms with Crippen molar-refractivity contribution in [3.05, 3.63) is 71.7 Å². The summed E-state index contributed by atoms with van der Waals surface area (Å²) < 4.78 is 22.3. The zero-order valence-electron chi connectivity index (χ0n) is 8.45. The largest absolute Gasteiger partial charge is 0.261 e. The van der Waals surface area contributed by atoms with Gasteiger partial charge >= 0.3 is 0 Å². The van der Waals surface area contributed by atoms with Crippen LogP contribution in [0.3, 0.4) is 0 Å². The van der Waals surface area contributed by atoms with Crippen LogP contribution in [0.15, 0.2) is 71.7 Å². The molecular formula is C12H11ClO2S. The van der Waals surface area contributed by atoms with Crippen LogP contribution in [0.4, 0.5) is 0 Å². The maximum Gasteiger partial charge on any atom is 0.261 e. The SMILES string of the molecule is O=S(=O)(Cl)C1=CC=CC=CC=CC=CC=C1. The highest BCUT2D eigenvalue weighted by molar-refractivity contribution is 8.17. The maximum absolute atomic E-state index is 11.2. The highest BCUT2D eigenvalue weighted by Gasteiger charge is 2.08. The molecule has 84 valence electrons. The van der Waals surface area contributed by atoms with Crippen LogP contribution in [-0.2, 0) is 9.05 Å². The molecule has 4 heteroatoms. The third-order valence-electron chi connectivity index (χ3n) is 1.69. The molecular weight excluding hydrogens is 244 g/mol. The average molecular weight is 255 g/mol. The van der Waals surface area contributed by atoms with E-state index in [0.29, 0.717) is 0 Å². The Morgan fingerprint density at radius 3 is 1.69 bits per heavy atom. The Bertz CT molecular complexity index is 503. The van der Waals surface area contributed by atoms with E-state index in [9.17, 15) is 8.42 Å². The molecule has 0 unspecified atom stereocenters. The van der Waals surface area contributed by atoms with E-state index in [1.807, 2.05) is 18.2 Å². The van der Waals surface area contributed by atoms with Crippen LogP contribution in [0.2, 0.25) is 0 Å². The van der Waals surface area contributed by atoms with Crippen molar-refractivity contribution in [3.8, 4) is 0 Å². The van der Waals surface area contributed by atoms with E-state index < -0.39 is 9.05 Å². The van der Waals surface area contributed by atoms with Crippen LogP contribution in [0.5, 0.6) is 0 Å².